The monoisotopic (exact) mass is 920 g/mol. The lowest BCUT2D eigenvalue weighted by Crippen LogP contribution is -2.62. The molecule has 2 fully saturated rings. The molecule has 0 saturated carbocycles. The van der Waals surface area contributed by atoms with Crippen molar-refractivity contribution in [3.8, 4) is 28.1 Å². The number of cyclic esters (lactones) is 1. The Hall–Kier alpha value is -6.06. The SMILES string of the molecule is C=CC(=O)N1CC[C@H](C(=O)N(C)[C@H](C(=O)NC2Cc3cc(O)cc(c3)-c3ccc4c(c3)c(c(-c3c(F)cccc3CCOC)n4CC)CC(C)(C)COC(=O)[C@@H]3CCCN(N3)C2=O)C(C)C)C1. The number of amides is 4. The minimum atomic E-state index is -1.19. The summed E-state index contributed by atoms with van der Waals surface area (Å²) < 4.78 is 30.0. The summed E-state index contributed by atoms with van der Waals surface area (Å²) in [4.78, 5) is 72.3. The lowest BCUT2D eigenvalue weighted by atomic mass is 9.83. The third kappa shape index (κ3) is 10.4. The second-order valence-corrected chi connectivity index (χ2v) is 19.3. The lowest BCUT2D eigenvalue weighted by Gasteiger charge is -2.37. The van der Waals surface area contributed by atoms with E-state index in [1.54, 1.807) is 37.3 Å². The average Bonchev–Trinajstić information content (AvgIpc) is 3.91. The Bertz CT molecular complexity index is 2550. The number of ether oxygens (including phenoxy) is 2. The van der Waals surface area contributed by atoms with Gasteiger partial charge in [-0.05, 0) is 109 Å². The molecule has 7 rings (SSSR count). The van der Waals surface area contributed by atoms with E-state index in [0.29, 0.717) is 68.5 Å². The molecule has 4 heterocycles. The first-order valence-corrected chi connectivity index (χ1v) is 23.4. The number of aromatic nitrogens is 1. The van der Waals surface area contributed by atoms with Crippen molar-refractivity contribution in [2.45, 2.75) is 97.8 Å². The normalized spacial score (nSPS) is 20.3. The van der Waals surface area contributed by atoms with Crippen LogP contribution < -0.4 is 10.7 Å². The first-order chi connectivity index (χ1) is 31.9. The van der Waals surface area contributed by atoms with Crippen LogP contribution in [0.3, 0.4) is 0 Å². The number of hydrogen-bond donors (Lipinski definition) is 3. The zero-order valence-corrected chi connectivity index (χ0v) is 39.8. The van der Waals surface area contributed by atoms with Crippen LogP contribution in [0.4, 0.5) is 4.39 Å². The molecule has 4 amide bonds. The third-order valence-electron chi connectivity index (χ3n) is 13.4. The number of aromatic hydroxyl groups is 1. The van der Waals surface area contributed by atoms with Crippen molar-refractivity contribution in [3.05, 3.63) is 89.8 Å². The number of hydrazine groups is 1. The number of rotatable bonds is 11. The predicted octanol–water partition coefficient (Wildman–Crippen LogP) is 6.19. The molecule has 0 spiro atoms. The number of phenolic OH excluding ortho intramolecular Hbond substituents is 1. The molecule has 4 aromatic rings. The van der Waals surface area contributed by atoms with Gasteiger partial charge in [-0.1, -0.05) is 58.5 Å². The topological polar surface area (TPSA) is 163 Å². The second kappa shape index (κ2) is 20.4. The number of hydrogen-bond acceptors (Lipinski definition) is 9. The van der Waals surface area contributed by atoms with Crippen molar-refractivity contribution >= 4 is 40.5 Å². The van der Waals surface area contributed by atoms with Crippen molar-refractivity contribution in [1.82, 2.24) is 30.1 Å². The van der Waals surface area contributed by atoms with E-state index in [2.05, 4.69) is 21.9 Å². The fourth-order valence-electron chi connectivity index (χ4n) is 10.1. The highest BCUT2D eigenvalue weighted by molar-refractivity contribution is 5.96. The summed E-state index contributed by atoms with van der Waals surface area (Å²) in [6, 6.07) is 13.2. The summed E-state index contributed by atoms with van der Waals surface area (Å²) in [6.07, 6.45) is 3.42. The second-order valence-electron chi connectivity index (χ2n) is 19.3. The van der Waals surface area contributed by atoms with E-state index in [-0.39, 0.29) is 55.4 Å². The molecular weight excluding hydrogens is 856 g/mol. The lowest BCUT2D eigenvalue weighted by molar-refractivity contribution is -0.155. The van der Waals surface area contributed by atoms with Gasteiger partial charge in [0.2, 0.25) is 17.7 Å². The van der Waals surface area contributed by atoms with E-state index in [1.807, 2.05) is 65.0 Å². The van der Waals surface area contributed by atoms with Crippen molar-refractivity contribution in [2.75, 3.05) is 47.0 Å². The van der Waals surface area contributed by atoms with Crippen LogP contribution in [0.15, 0.2) is 67.3 Å². The van der Waals surface area contributed by atoms with Gasteiger partial charge in [-0.15, -0.1) is 0 Å². The number of phenols is 1. The Morgan fingerprint density at radius 3 is 2.58 bits per heavy atom. The summed E-state index contributed by atoms with van der Waals surface area (Å²) >= 11 is 0. The van der Waals surface area contributed by atoms with E-state index >= 15 is 4.39 Å². The molecule has 1 unspecified atom stereocenters. The fourth-order valence-corrected chi connectivity index (χ4v) is 10.1. The molecule has 3 aliphatic rings. The molecule has 3 N–H and O–H groups in total. The smallest absolute Gasteiger partial charge is 0.324 e. The number of carbonyl (C=O) groups excluding carboxylic acids is 5. The highest BCUT2D eigenvalue weighted by Crippen LogP contribution is 2.42. The molecule has 0 aliphatic carbocycles. The summed E-state index contributed by atoms with van der Waals surface area (Å²) in [6.45, 7) is 15.1. The number of esters is 1. The highest BCUT2D eigenvalue weighted by atomic mass is 19.1. The van der Waals surface area contributed by atoms with E-state index in [1.165, 1.54) is 22.1 Å². The maximum absolute atomic E-state index is 16.4. The van der Waals surface area contributed by atoms with Gasteiger partial charge in [0.15, 0.2) is 0 Å². The summed E-state index contributed by atoms with van der Waals surface area (Å²) in [7, 11) is 3.19. The average molecular weight is 921 g/mol. The molecule has 358 valence electrons. The van der Waals surface area contributed by atoms with E-state index < -0.39 is 47.2 Å². The summed E-state index contributed by atoms with van der Waals surface area (Å²) in [5.41, 5.74) is 8.24. The van der Waals surface area contributed by atoms with Crippen molar-refractivity contribution in [3.63, 3.8) is 0 Å². The number of likely N-dealkylation sites (N-methyl/N-ethyl adjacent to an activating group) is 1. The van der Waals surface area contributed by atoms with Gasteiger partial charge < -0.3 is 34.3 Å². The first kappa shape index (κ1) is 48.9. The highest BCUT2D eigenvalue weighted by Gasteiger charge is 2.40. The van der Waals surface area contributed by atoms with Crippen LogP contribution in [-0.2, 0) is 59.3 Å². The molecule has 6 bridgehead atoms. The number of likely N-dealkylation sites (tertiary alicyclic amines) is 1. The molecule has 14 nitrogen and oxygen atoms in total. The van der Waals surface area contributed by atoms with Crippen LogP contribution in [0.25, 0.3) is 33.3 Å². The van der Waals surface area contributed by atoms with Crippen molar-refractivity contribution in [1.29, 1.82) is 0 Å². The predicted molar refractivity (Wildman–Crippen MR) is 254 cm³/mol. The molecule has 0 radical (unpaired) electrons. The van der Waals surface area contributed by atoms with Crippen LogP contribution in [-0.4, -0.2) is 119 Å². The van der Waals surface area contributed by atoms with Crippen LogP contribution in [0, 0.1) is 23.1 Å². The van der Waals surface area contributed by atoms with E-state index in [9.17, 15) is 29.1 Å². The van der Waals surface area contributed by atoms with E-state index in [4.69, 9.17) is 9.47 Å². The fraction of sp³-hybridized carbons (Fsp3) is 0.481. The molecule has 3 aromatic carbocycles. The van der Waals surface area contributed by atoms with Gasteiger partial charge in [0, 0.05) is 68.6 Å². The van der Waals surface area contributed by atoms with Crippen LogP contribution in [0.5, 0.6) is 5.75 Å². The number of carbonyl (C=O) groups is 5. The van der Waals surface area contributed by atoms with Crippen LogP contribution in [0.1, 0.15) is 70.6 Å². The minimum Gasteiger partial charge on any atom is -0.508 e. The number of fused-ring (bicyclic) bond motifs is 6. The number of nitrogens with zero attached hydrogens (tertiary/aromatic N) is 4. The maximum Gasteiger partial charge on any atom is 0.324 e. The molecule has 15 heteroatoms. The van der Waals surface area contributed by atoms with E-state index in [0.717, 1.165) is 33.3 Å². The van der Waals surface area contributed by atoms with Gasteiger partial charge in [0.25, 0.3) is 5.91 Å². The standard InChI is InChI=1S/C52H65FN6O8/c1-9-44(61)57-21-18-35(29-57)49(63)56(7)46(31(3)4)48(62)54-42-25-32-23-36(26-37(60)24-32)34-16-17-43-38(27-34)39(47(58(43)10-2)45-33(19-22-66-8)13-11-14-40(45)53)28-52(5,6)30-67-51(65)41-15-12-20-59(55-41)50(42)64/h9,11,13-14,16-17,23-24,26-27,31,35,41-42,46,55,60H,1,10,12,15,18-22,25,28-30H2,2-8H3,(H,54,62)/t35-,41-,42?,46-/m0/s1. The summed E-state index contributed by atoms with van der Waals surface area (Å²) in [5.74, 6) is -3.40. The number of benzene rings is 3. The Balaban J connectivity index is 1.31. The summed E-state index contributed by atoms with van der Waals surface area (Å²) in [5, 5.41) is 16.5. The molecule has 3 aliphatic heterocycles. The van der Waals surface area contributed by atoms with Gasteiger partial charge in [-0.2, -0.15) is 0 Å². The van der Waals surface area contributed by atoms with Gasteiger partial charge in [0.1, 0.15) is 29.7 Å². The Kier molecular flexibility index (Phi) is 14.9. The Morgan fingerprint density at radius 1 is 1.09 bits per heavy atom. The van der Waals surface area contributed by atoms with Gasteiger partial charge in [-0.3, -0.25) is 29.0 Å². The van der Waals surface area contributed by atoms with Crippen molar-refractivity contribution < 1.29 is 42.9 Å². The van der Waals surface area contributed by atoms with Gasteiger partial charge in [-0.25, -0.2) is 9.82 Å². The Labute approximate surface area is 392 Å². The quantitative estimate of drug-likeness (QED) is 0.118. The van der Waals surface area contributed by atoms with Gasteiger partial charge in [0.05, 0.1) is 24.8 Å². The zero-order chi connectivity index (χ0) is 48.3. The minimum absolute atomic E-state index is 0.0323. The molecule has 4 atom stereocenters. The van der Waals surface area contributed by atoms with Crippen LogP contribution in [0.2, 0.25) is 0 Å². The molecule has 67 heavy (non-hydrogen) atoms. The first-order valence-electron chi connectivity index (χ1n) is 23.4. The number of methoxy groups -OCH3 is 1. The van der Waals surface area contributed by atoms with Crippen LogP contribution >= 0.6 is 0 Å². The molecule has 2 saturated heterocycles. The third-order valence-corrected chi connectivity index (χ3v) is 13.4. The number of aryl methyl sites for hydroxylation is 1. The maximum atomic E-state index is 16.4. The van der Waals surface area contributed by atoms with Crippen molar-refractivity contribution in [2.24, 2.45) is 17.3 Å². The zero-order valence-electron chi connectivity index (χ0n) is 39.8. The number of halogens is 1. The Morgan fingerprint density at radius 2 is 1.87 bits per heavy atom. The number of nitrogens with one attached hydrogen (secondary N) is 2. The molecule has 1 aromatic heterocycles. The largest absolute Gasteiger partial charge is 0.508 e. The molecular formula is C52H65FN6O8. The van der Waals surface area contributed by atoms with Gasteiger partial charge >= 0.3 is 5.97 Å².